The van der Waals surface area contributed by atoms with E-state index in [2.05, 4.69) is 15.1 Å². The van der Waals surface area contributed by atoms with E-state index in [1.54, 1.807) is 7.11 Å². The Bertz CT molecular complexity index is 536. The number of nitrogens with zero attached hydrogens (tertiary/aromatic N) is 2. The van der Waals surface area contributed by atoms with Crippen LogP contribution in [0.15, 0.2) is 24.3 Å². The fourth-order valence-electron chi connectivity index (χ4n) is 2.90. The van der Waals surface area contributed by atoms with E-state index in [4.69, 9.17) is 9.47 Å². The van der Waals surface area contributed by atoms with Crippen LogP contribution in [0, 0.1) is 0 Å². The van der Waals surface area contributed by atoms with Crippen LogP contribution in [0.4, 0.5) is 0 Å². The molecule has 1 aromatic carbocycles. The molecule has 0 radical (unpaired) electrons. The number of benzene rings is 1. The van der Waals surface area contributed by atoms with Crippen LogP contribution in [0.25, 0.3) is 0 Å². The lowest BCUT2D eigenvalue weighted by Gasteiger charge is -2.37. The number of ether oxygens (including phenoxy) is 2. The Hall–Kier alpha value is -1.63. The van der Waals surface area contributed by atoms with Crippen LogP contribution in [0.5, 0.6) is 5.75 Å². The second-order valence-electron chi connectivity index (χ2n) is 6.50. The standard InChI is InChI=1S/C18H29N3O3/c1-14(21-8-9-24-17(13-21)12-20(2)3)18(22)19-11-15-6-5-7-16(10-15)23-4/h5-7,10,14,17H,8-9,11-13H2,1-4H3,(H,19,22). The van der Waals surface area contributed by atoms with Crippen LogP contribution in [-0.4, -0.2) is 75.3 Å². The summed E-state index contributed by atoms with van der Waals surface area (Å²) in [5, 5.41) is 3.02. The lowest BCUT2D eigenvalue weighted by atomic mass is 10.1. The highest BCUT2D eigenvalue weighted by Crippen LogP contribution is 2.13. The van der Waals surface area contributed by atoms with Crippen molar-refractivity contribution in [3.63, 3.8) is 0 Å². The molecule has 24 heavy (non-hydrogen) atoms. The fraction of sp³-hybridized carbons (Fsp3) is 0.611. The minimum absolute atomic E-state index is 0.0447. The van der Waals surface area contributed by atoms with Crippen molar-refractivity contribution >= 4 is 5.91 Å². The first-order valence-electron chi connectivity index (χ1n) is 8.40. The minimum atomic E-state index is -0.163. The Labute approximate surface area is 144 Å². The number of carbonyl (C=O) groups is 1. The monoisotopic (exact) mass is 335 g/mol. The Kier molecular flexibility index (Phi) is 7.02. The van der Waals surface area contributed by atoms with Crippen LogP contribution in [0.3, 0.4) is 0 Å². The van der Waals surface area contributed by atoms with Gasteiger partial charge in [0, 0.05) is 26.2 Å². The van der Waals surface area contributed by atoms with Crippen LogP contribution in [0.1, 0.15) is 12.5 Å². The molecule has 6 nitrogen and oxygen atoms in total. The molecular weight excluding hydrogens is 306 g/mol. The van der Waals surface area contributed by atoms with Crippen molar-refractivity contribution in [3.05, 3.63) is 29.8 Å². The lowest BCUT2D eigenvalue weighted by Crippen LogP contribution is -2.53. The Balaban J connectivity index is 1.84. The highest BCUT2D eigenvalue weighted by molar-refractivity contribution is 5.81. The number of methoxy groups -OCH3 is 1. The zero-order chi connectivity index (χ0) is 17.5. The van der Waals surface area contributed by atoms with Crippen LogP contribution < -0.4 is 10.1 Å². The molecule has 2 rings (SSSR count). The average Bonchev–Trinajstić information content (AvgIpc) is 2.58. The van der Waals surface area contributed by atoms with Crippen molar-refractivity contribution < 1.29 is 14.3 Å². The van der Waals surface area contributed by atoms with Crippen molar-refractivity contribution in [2.75, 3.05) is 47.4 Å². The molecule has 1 saturated heterocycles. The van der Waals surface area contributed by atoms with Gasteiger partial charge in [-0.2, -0.15) is 0 Å². The number of nitrogens with one attached hydrogen (secondary N) is 1. The van der Waals surface area contributed by atoms with Gasteiger partial charge >= 0.3 is 0 Å². The maximum absolute atomic E-state index is 12.5. The zero-order valence-electron chi connectivity index (χ0n) is 15.1. The van der Waals surface area contributed by atoms with Gasteiger partial charge in [-0.05, 0) is 38.7 Å². The number of likely N-dealkylation sites (N-methyl/N-ethyl adjacent to an activating group) is 1. The molecule has 6 heteroatoms. The summed E-state index contributed by atoms with van der Waals surface area (Å²) in [6, 6.07) is 7.58. The van der Waals surface area contributed by atoms with E-state index in [1.807, 2.05) is 45.3 Å². The lowest BCUT2D eigenvalue weighted by molar-refractivity contribution is -0.129. The molecule has 0 bridgehead atoms. The average molecular weight is 335 g/mol. The van der Waals surface area contributed by atoms with Crippen LogP contribution >= 0.6 is 0 Å². The Morgan fingerprint density at radius 2 is 2.29 bits per heavy atom. The SMILES string of the molecule is COc1cccc(CNC(=O)C(C)N2CCOC(CN(C)C)C2)c1. The van der Waals surface area contributed by atoms with E-state index in [-0.39, 0.29) is 18.1 Å². The van der Waals surface area contributed by atoms with Gasteiger partial charge < -0.3 is 19.7 Å². The van der Waals surface area contributed by atoms with E-state index in [0.29, 0.717) is 13.2 Å². The van der Waals surface area contributed by atoms with Gasteiger partial charge in [0.15, 0.2) is 0 Å². The van der Waals surface area contributed by atoms with Gasteiger partial charge in [-0.3, -0.25) is 9.69 Å². The van der Waals surface area contributed by atoms with Gasteiger partial charge in [-0.1, -0.05) is 12.1 Å². The molecule has 1 amide bonds. The number of hydrogen-bond acceptors (Lipinski definition) is 5. The number of amides is 1. The highest BCUT2D eigenvalue weighted by atomic mass is 16.5. The van der Waals surface area contributed by atoms with Crippen molar-refractivity contribution in [2.45, 2.75) is 25.6 Å². The Morgan fingerprint density at radius 1 is 1.50 bits per heavy atom. The normalized spacial score (nSPS) is 20.0. The molecule has 1 N–H and O–H groups in total. The number of hydrogen-bond donors (Lipinski definition) is 1. The van der Waals surface area contributed by atoms with Crippen molar-refractivity contribution in [1.82, 2.24) is 15.1 Å². The van der Waals surface area contributed by atoms with Crippen LogP contribution in [0.2, 0.25) is 0 Å². The molecule has 1 aromatic rings. The largest absolute Gasteiger partial charge is 0.497 e. The molecule has 0 spiro atoms. The van der Waals surface area contributed by atoms with Gasteiger partial charge in [0.05, 0.1) is 25.9 Å². The second kappa shape index (κ2) is 9.01. The summed E-state index contributed by atoms with van der Waals surface area (Å²) >= 11 is 0. The van der Waals surface area contributed by atoms with Gasteiger partial charge in [-0.25, -0.2) is 0 Å². The van der Waals surface area contributed by atoms with Gasteiger partial charge in [0.1, 0.15) is 5.75 Å². The van der Waals surface area contributed by atoms with Gasteiger partial charge in [-0.15, -0.1) is 0 Å². The molecule has 1 aliphatic heterocycles. The summed E-state index contributed by atoms with van der Waals surface area (Å²) in [7, 11) is 5.71. The highest BCUT2D eigenvalue weighted by Gasteiger charge is 2.27. The van der Waals surface area contributed by atoms with Crippen molar-refractivity contribution in [1.29, 1.82) is 0 Å². The molecule has 2 unspecified atom stereocenters. The van der Waals surface area contributed by atoms with E-state index in [1.165, 1.54) is 0 Å². The third-order valence-electron chi connectivity index (χ3n) is 4.27. The van der Waals surface area contributed by atoms with E-state index < -0.39 is 0 Å². The first-order chi connectivity index (χ1) is 11.5. The molecule has 1 heterocycles. The first kappa shape index (κ1) is 18.7. The number of morpholine rings is 1. The molecule has 0 aromatic heterocycles. The topological polar surface area (TPSA) is 54.0 Å². The number of rotatable bonds is 7. The maximum Gasteiger partial charge on any atom is 0.237 e. The maximum atomic E-state index is 12.5. The Morgan fingerprint density at radius 3 is 3.00 bits per heavy atom. The predicted octanol–water partition coefficient (Wildman–Crippen LogP) is 0.962. The number of carbonyl (C=O) groups excluding carboxylic acids is 1. The summed E-state index contributed by atoms with van der Waals surface area (Å²) in [6.45, 7) is 5.58. The van der Waals surface area contributed by atoms with Gasteiger partial charge in [0.2, 0.25) is 5.91 Å². The molecule has 1 aliphatic rings. The van der Waals surface area contributed by atoms with E-state index in [0.717, 1.165) is 30.9 Å². The quantitative estimate of drug-likeness (QED) is 0.804. The van der Waals surface area contributed by atoms with E-state index >= 15 is 0 Å². The summed E-state index contributed by atoms with van der Waals surface area (Å²) < 4.78 is 11.0. The molecule has 0 aliphatic carbocycles. The van der Waals surface area contributed by atoms with Crippen LogP contribution in [-0.2, 0) is 16.1 Å². The summed E-state index contributed by atoms with van der Waals surface area (Å²) in [4.78, 5) is 16.8. The summed E-state index contributed by atoms with van der Waals surface area (Å²) in [6.07, 6.45) is 0.155. The molecule has 0 saturated carbocycles. The third-order valence-corrected chi connectivity index (χ3v) is 4.27. The smallest absolute Gasteiger partial charge is 0.237 e. The fourth-order valence-corrected chi connectivity index (χ4v) is 2.90. The zero-order valence-corrected chi connectivity index (χ0v) is 15.1. The van der Waals surface area contributed by atoms with Gasteiger partial charge in [0.25, 0.3) is 0 Å². The first-order valence-corrected chi connectivity index (χ1v) is 8.40. The van der Waals surface area contributed by atoms with E-state index in [9.17, 15) is 4.79 Å². The molecular formula is C18H29N3O3. The summed E-state index contributed by atoms with van der Waals surface area (Å²) in [5.41, 5.74) is 1.03. The van der Waals surface area contributed by atoms with Crippen molar-refractivity contribution in [2.24, 2.45) is 0 Å². The second-order valence-corrected chi connectivity index (χ2v) is 6.50. The minimum Gasteiger partial charge on any atom is -0.497 e. The molecule has 134 valence electrons. The third kappa shape index (κ3) is 5.47. The summed E-state index contributed by atoms with van der Waals surface area (Å²) in [5.74, 6) is 0.845. The predicted molar refractivity (Wildman–Crippen MR) is 94.2 cm³/mol. The molecule has 1 fully saturated rings. The van der Waals surface area contributed by atoms with Crippen molar-refractivity contribution in [3.8, 4) is 5.75 Å². The molecule has 2 atom stereocenters.